The summed E-state index contributed by atoms with van der Waals surface area (Å²) in [5.74, 6) is 1.20. The predicted molar refractivity (Wildman–Crippen MR) is 163 cm³/mol. The van der Waals surface area contributed by atoms with Crippen LogP contribution in [0.3, 0.4) is 0 Å². The normalized spacial score (nSPS) is 16.8. The first kappa shape index (κ1) is 28.7. The van der Waals surface area contributed by atoms with Crippen LogP contribution in [0.1, 0.15) is 48.2 Å². The largest absolute Gasteiger partial charge is 0.492 e. The minimum Gasteiger partial charge on any atom is -0.492 e. The summed E-state index contributed by atoms with van der Waals surface area (Å²) in [4.78, 5) is 34.3. The highest BCUT2D eigenvalue weighted by molar-refractivity contribution is 5.94. The van der Waals surface area contributed by atoms with E-state index >= 15 is 0 Å². The Morgan fingerprint density at radius 2 is 1.56 bits per heavy atom. The second kappa shape index (κ2) is 12.8. The van der Waals surface area contributed by atoms with E-state index in [0.29, 0.717) is 26.4 Å². The van der Waals surface area contributed by atoms with Crippen molar-refractivity contribution < 1.29 is 14.3 Å². The van der Waals surface area contributed by atoms with Crippen LogP contribution in [0.5, 0.6) is 5.75 Å². The number of rotatable bonds is 10. The van der Waals surface area contributed by atoms with Crippen LogP contribution in [0.15, 0.2) is 78.9 Å². The number of hydrogen-bond donors (Lipinski definition) is 0. The van der Waals surface area contributed by atoms with Gasteiger partial charge in [0.15, 0.2) is 0 Å². The molecule has 5 rings (SSSR count). The number of amides is 2. The molecular formula is C34H42N4O3. The zero-order valence-electron chi connectivity index (χ0n) is 24.6. The maximum atomic E-state index is 13.3. The molecule has 0 N–H and O–H groups in total. The van der Waals surface area contributed by atoms with Gasteiger partial charge < -0.3 is 19.4 Å². The average molecular weight is 555 g/mol. The molecule has 216 valence electrons. The smallest absolute Gasteiger partial charge is 0.253 e. The number of nitrogens with zero attached hydrogens (tertiary/aromatic N) is 4. The predicted octanol–water partition coefficient (Wildman–Crippen LogP) is 4.91. The highest BCUT2D eigenvalue weighted by Gasteiger charge is 2.52. The Bertz CT molecular complexity index is 1320. The first-order valence-corrected chi connectivity index (χ1v) is 14.8. The van der Waals surface area contributed by atoms with E-state index in [1.54, 1.807) is 0 Å². The molecule has 41 heavy (non-hydrogen) atoms. The van der Waals surface area contributed by atoms with Crippen LogP contribution in [-0.4, -0.2) is 85.1 Å². The molecule has 3 aromatic rings. The Morgan fingerprint density at radius 3 is 2.24 bits per heavy atom. The van der Waals surface area contributed by atoms with E-state index in [9.17, 15) is 9.59 Å². The second-order valence-electron chi connectivity index (χ2n) is 11.1. The highest BCUT2D eigenvalue weighted by Crippen LogP contribution is 2.38. The van der Waals surface area contributed by atoms with E-state index in [0.717, 1.165) is 67.0 Å². The quantitative estimate of drug-likeness (QED) is 0.357. The van der Waals surface area contributed by atoms with Gasteiger partial charge in [-0.05, 0) is 68.1 Å². The molecule has 0 atom stereocenters. The lowest BCUT2D eigenvalue weighted by Gasteiger charge is -2.43. The Morgan fingerprint density at radius 1 is 0.902 bits per heavy atom. The van der Waals surface area contributed by atoms with Gasteiger partial charge in [-0.15, -0.1) is 0 Å². The number of para-hydroxylation sites is 2. The zero-order chi connectivity index (χ0) is 28.8. The first-order chi connectivity index (χ1) is 19.9. The van der Waals surface area contributed by atoms with Crippen molar-refractivity contribution in [2.75, 3.05) is 57.9 Å². The van der Waals surface area contributed by atoms with Crippen LogP contribution in [0.2, 0.25) is 0 Å². The fourth-order valence-electron chi connectivity index (χ4n) is 6.20. The Kier molecular flexibility index (Phi) is 8.93. The number of carbonyl (C=O) groups excluding carboxylic acids is 2. The van der Waals surface area contributed by atoms with Crippen LogP contribution >= 0.6 is 0 Å². The molecule has 7 heteroatoms. The monoisotopic (exact) mass is 554 g/mol. The highest BCUT2D eigenvalue weighted by atomic mass is 16.5. The molecular weight excluding hydrogens is 512 g/mol. The van der Waals surface area contributed by atoms with E-state index in [1.807, 2.05) is 91.4 Å². The number of likely N-dealkylation sites (tertiary alicyclic amines) is 1. The summed E-state index contributed by atoms with van der Waals surface area (Å²) in [6, 6.07) is 26.4. The molecule has 0 unspecified atom stereocenters. The Hall–Kier alpha value is -3.84. The maximum absolute atomic E-state index is 13.3. The Labute approximate surface area is 244 Å². The molecule has 2 heterocycles. The van der Waals surface area contributed by atoms with Crippen LogP contribution in [0.4, 0.5) is 5.69 Å². The van der Waals surface area contributed by atoms with Gasteiger partial charge in [0.1, 0.15) is 17.9 Å². The summed E-state index contributed by atoms with van der Waals surface area (Å²) < 4.78 is 6.29. The SMILES string of the molecule is CCN(CC)C(=O)c1ccc(Cc2ccccc2OCCN2CCC3(CC2)C(=O)N(C)CN3c2ccccc2)cc1. The van der Waals surface area contributed by atoms with Crippen molar-refractivity contribution in [2.24, 2.45) is 0 Å². The molecule has 0 bridgehead atoms. The number of piperidine rings is 1. The van der Waals surface area contributed by atoms with Crippen LogP contribution in [0.25, 0.3) is 0 Å². The molecule has 0 saturated carbocycles. The lowest BCUT2D eigenvalue weighted by atomic mass is 9.85. The molecule has 0 radical (unpaired) electrons. The molecule has 1 spiro atoms. The van der Waals surface area contributed by atoms with Gasteiger partial charge in [0.05, 0.1) is 6.67 Å². The number of benzene rings is 3. The van der Waals surface area contributed by atoms with Crippen molar-refractivity contribution in [3.63, 3.8) is 0 Å². The van der Waals surface area contributed by atoms with E-state index in [-0.39, 0.29) is 11.8 Å². The van der Waals surface area contributed by atoms with E-state index in [1.165, 1.54) is 0 Å². The first-order valence-electron chi connectivity index (χ1n) is 14.8. The van der Waals surface area contributed by atoms with Crippen molar-refractivity contribution in [1.82, 2.24) is 14.7 Å². The molecule has 3 aromatic carbocycles. The fourth-order valence-corrected chi connectivity index (χ4v) is 6.20. The van der Waals surface area contributed by atoms with Crippen LogP contribution < -0.4 is 9.64 Å². The lowest BCUT2D eigenvalue weighted by Crippen LogP contribution is -2.56. The van der Waals surface area contributed by atoms with Crippen molar-refractivity contribution >= 4 is 17.5 Å². The number of carbonyl (C=O) groups is 2. The molecule has 2 aliphatic rings. The number of hydrogen-bond acceptors (Lipinski definition) is 5. The summed E-state index contributed by atoms with van der Waals surface area (Å²) in [6.45, 7) is 9.21. The van der Waals surface area contributed by atoms with Gasteiger partial charge >= 0.3 is 0 Å². The molecule has 7 nitrogen and oxygen atoms in total. The third-order valence-electron chi connectivity index (χ3n) is 8.65. The second-order valence-corrected chi connectivity index (χ2v) is 11.1. The van der Waals surface area contributed by atoms with Crippen molar-refractivity contribution in [3.05, 3.63) is 95.6 Å². The minimum atomic E-state index is -0.453. The van der Waals surface area contributed by atoms with Gasteiger partial charge in [0, 0.05) is 57.4 Å². The van der Waals surface area contributed by atoms with Gasteiger partial charge in [-0.25, -0.2) is 0 Å². The molecule has 0 aromatic heterocycles. The van der Waals surface area contributed by atoms with E-state index in [4.69, 9.17) is 4.74 Å². The fraction of sp³-hybridized carbons (Fsp3) is 0.412. The van der Waals surface area contributed by atoms with Gasteiger partial charge in [-0.3, -0.25) is 14.5 Å². The number of anilines is 1. The molecule has 2 amide bonds. The van der Waals surface area contributed by atoms with Gasteiger partial charge in [-0.1, -0.05) is 48.5 Å². The molecule has 2 fully saturated rings. The number of likely N-dealkylation sites (N-methyl/N-ethyl adjacent to an activating group) is 1. The molecule has 2 aliphatic heterocycles. The lowest BCUT2D eigenvalue weighted by molar-refractivity contribution is -0.132. The van der Waals surface area contributed by atoms with Crippen molar-refractivity contribution in [1.29, 1.82) is 0 Å². The summed E-state index contributed by atoms with van der Waals surface area (Å²) >= 11 is 0. The Balaban J connectivity index is 1.16. The minimum absolute atomic E-state index is 0.0750. The third-order valence-corrected chi connectivity index (χ3v) is 8.65. The summed E-state index contributed by atoms with van der Waals surface area (Å²) in [5.41, 5.74) is 3.66. The standard InChI is InChI=1S/C34H42N4O3/c1-4-37(5-2)32(39)28-17-15-27(16-18-28)25-29-11-9-10-14-31(29)41-24-23-36-21-19-34(20-22-36)33(40)35(3)26-38(34)30-12-7-6-8-13-30/h6-18H,4-5,19-26H2,1-3H3. The van der Waals surface area contributed by atoms with Gasteiger partial charge in [0.2, 0.25) is 5.91 Å². The maximum Gasteiger partial charge on any atom is 0.253 e. The summed E-state index contributed by atoms with van der Waals surface area (Å²) in [6.07, 6.45) is 2.37. The average Bonchev–Trinajstić information content (AvgIpc) is 3.25. The van der Waals surface area contributed by atoms with Gasteiger partial charge in [-0.2, -0.15) is 0 Å². The third kappa shape index (κ3) is 6.10. The topological polar surface area (TPSA) is 56.3 Å². The van der Waals surface area contributed by atoms with Gasteiger partial charge in [0.25, 0.3) is 5.91 Å². The van der Waals surface area contributed by atoms with Crippen LogP contribution in [0, 0.1) is 0 Å². The summed E-state index contributed by atoms with van der Waals surface area (Å²) in [7, 11) is 1.91. The summed E-state index contributed by atoms with van der Waals surface area (Å²) in [5, 5.41) is 0. The zero-order valence-corrected chi connectivity index (χ0v) is 24.6. The van der Waals surface area contributed by atoms with E-state index in [2.05, 4.69) is 28.0 Å². The van der Waals surface area contributed by atoms with E-state index < -0.39 is 5.54 Å². The van der Waals surface area contributed by atoms with Crippen LogP contribution in [-0.2, 0) is 11.2 Å². The number of ether oxygens (including phenoxy) is 1. The van der Waals surface area contributed by atoms with Crippen molar-refractivity contribution in [2.45, 2.75) is 38.6 Å². The molecule has 0 aliphatic carbocycles. The molecule has 2 saturated heterocycles. The van der Waals surface area contributed by atoms with Crippen molar-refractivity contribution in [3.8, 4) is 5.75 Å².